The number of aliphatic hydroxyl groups excluding tert-OH is 1. The summed E-state index contributed by atoms with van der Waals surface area (Å²) in [7, 11) is 0. The van der Waals surface area contributed by atoms with E-state index in [1.807, 2.05) is 13.8 Å². The molecule has 4 nitrogen and oxygen atoms in total. The minimum absolute atomic E-state index is 0.111. The van der Waals surface area contributed by atoms with Gasteiger partial charge in [-0.3, -0.25) is 4.79 Å². The van der Waals surface area contributed by atoms with E-state index in [2.05, 4.69) is 0 Å². The van der Waals surface area contributed by atoms with E-state index in [1.54, 1.807) is 4.90 Å². The molecule has 0 aromatic heterocycles. The predicted octanol–water partition coefficient (Wildman–Crippen LogP) is 0.0971. The van der Waals surface area contributed by atoms with E-state index < -0.39 is 0 Å². The number of likely N-dealkylation sites (tertiary alicyclic amines) is 1. The van der Waals surface area contributed by atoms with Crippen LogP contribution in [0.4, 0.5) is 0 Å². The zero-order valence-electron chi connectivity index (χ0n) is 8.99. The monoisotopic (exact) mass is 200 g/mol. The van der Waals surface area contributed by atoms with E-state index >= 15 is 0 Å². The third-order valence-corrected chi connectivity index (χ3v) is 2.50. The van der Waals surface area contributed by atoms with Crippen LogP contribution < -0.4 is 5.73 Å². The molecule has 0 aliphatic carbocycles. The van der Waals surface area contributed by atoms with Crippen molar-refractivity contribution in [2.24, 2.45) is 5.73 Å². The fourth-order valence-corrected chi connectivity index (χ4v) is 1.56. The Hall–Kier alpha value is -0.610. The number of nitrogens with zero attached hydrogens (tertiary/aromatic N) is 1. The predicted molar refractivity (Wildman–Crippen MR) is 54.7 cm³/mol. The molecular weight excluding hydrogens is 180 g/mol. The number of hydrogen-bond donors (Lipinski definition) is 2. The SMILES string of the molecule is CC(C)(N)CCC(=O)N1CC[C@H](O)C1. The van der Waals surface area contributed by atoms with Crippen molar-refractivity contribution in [3.8, 4) is 0 Å². The molecule has 0 spiro atoms. The van der Waals surface area contributed by atoms with Crippen LogP contribution in [0.25, 0.3) is 0 Å². The van der Waals surface area contributed by atoms with Crippen molar-refractivity contribution in [3.63, 3.8) is 0 Å². The van der Waals surface area contributed by atoms with Gasteiger partial charge in [0, 0.05) is 25.0 Å². The van der Waals surface area contributed by atoms with Crippen LogP contribution in [0.2, 0.25) is 0 Å². The number of carbonyl (C=O) groups excluding carboxylic acids is 1. The lowest BCUT2D eigenvalue weighted by Crippen LogP contribution is -2.35. The van der Waals surface area contributed by atoms with Gasteiger partial charge in [-0.1, -0.05) is 0 Å². The van der Waals surface area contributed by atoms with Crippen LogP contribution >= 0.6 is 0 Å². The van der Waals surface area contributed by atoms with Crippen molar-refractivity contribution in [1.29, 1.82) is 0 Å². The molecule has 0 saturated carbocycles. The summed E-state index contributed by atoms with van der Waals surface area (Å²) >= 11 is 0. The number of rotatable bonds is 3. The van der Waals surface area contributed by atoms with Crippen LogP contribution in [0.1, 0.15) is 33.1 Å². The zero-order valence-corrected chi connectivity index (χ0v) is 8.99. The van der Waals surface area contributed by atoms with Crippen molar-refractivity contribution in [1.82, 2.24) is 4.90 Å². The van der Waals surface area contributed by atoms with E-state index in [4.69, 9.17) is 5.73 Å². The molecule has 1 heterocycles. The fraction of sp³-hybridized carbons (Fsp3) is 0.900. The lowest BCUT2D eigenvalue weighted by atomic mass is 10.00. The second-order valence-corrected chi connectivity index (χ2v) is 4.77. The van der Waals surface area contributed by atoms with E-state index in [0.717, 1.165) is 0 Å². The first kappa shape index (κ1) is 11.5. The Balaban J connectivity index is 2.29. The molecular formula is C10H20N2O2. The number of aliphatic hydroxyl groups is 1. The highest BCUT2D eigenvalue weighted by molar-refractivity contribution is 5.76. The van der Waals surface area contributed by atoms with E-state index in [9.17, 15) is 9.90 Å². The zero-order chi connectivity index (χ0) is 10.8. The van der Waals surface area contributed by atoms with E-state index in [1.165, 1.54) is 0 Å². The summed E-state index contributed by atoms with van der Waals surface area (Å²) in [5.74, 6) is 0.111. The Morgan fingerprint density at radius 3 is 2.71 bits per heavy atom. The van der Waals surface area contributed by atoms with Crippen LogP contribution in [-0.4, -0.2) is 40.6 Å². The summed E-state index contributed by atoms with van der Waals surface area (Å²) in [5.41, 5.74) is 5.51. The highest BCUT2D eigenvalue weighted by Crippen LogP contribution is 2.13. The molecule has 1 fully saturated rings. The molecule has 0 aromatic rings. The first-order valence-electron chi connectivity index (χ1n) is 5.13. The maximum absolute atomic E-state index is 11.6. The maximum atomic E-state index is 11.6. The van der Waals surface area contributed by atoms with Crippen molar-refractivity contribution in [2.45, 2.75) is 44.8 Å². The fourth-order valence-electron chi connectivity index (χ4n) is 1.56. The molecule has 0 unspecified atom stereocenters. The standard InChI is InChI=1S/C10H20N2O2/c1-10(2,11)5-3-9(14)12-6-4-8(13)7-12/h8,13H,3-7,11H2,1-2H3/t8-/m0/s1. The van der Waals surface area contributed by atoms with Gasteiger partial charge in [-0.2, -0.15) is 0 Å². The van der Waals surface area contributed by atoms with Gasteiger partial charge in [-0.15, -0.1) is 0 Å². The first-order chi connectivity index (χ1) is 6.38. The molecule has 4 heteroatoms. The number of nitrogens with two attached hydrogens (primary N) is 1. The van der Waals surface area contributed by atoms with Gasteiger partial charge in [0.1, 0.15) is 0 Å². The molecule has 0 radical (unpaired) electrons. The Kier molecular flexibility index (Phi) is 3.50. The summed E-state index contributed by atoms with van der Waals surface area (Å²) in [4.78, 5) is 13.3. The van der Waals surface area contributed by atoms with Crippen LogP contribution in [0.3, 0.4) is 0 Å². The molecule has 1 amide bonds. The van der Waals surface area contributed by atoms with Gasteiger partial charge in [-0.25, -0.2) is 0 Å². The molecule has 0 bridgehead atoms. The largest absolute Gasteiger partial charge is 0.391 e. The van der Waals surface area contributed by atoms with Crippen molar-refractivity contribution in [3.05, 3.63) is 0 Å². The van der Waals surface area contributed by atoms with Crippen LogP contribution in [0, 0.1) is 0 Å². The van der Waals surface area contributed by atoms with Crippen molar-refractivity contribution < 1.29 is 9.90 Å². The lowest BCUT2D eigenvalue weighted by molar-refractivity contribution is -0.130. The second-order valence-electron chi connectivity index (χ2n) is 4.77. The average molecular weight is 200 g/mol. The molecule has 0 aromatic carbocycles. The van der Waals surface area contributed by atoms with E-state index in [-0.39, 0.29) is 17.6 Å². The highest BCUT2D eigenvalue weighted by Gasteiger charge is 2.25. The van der Waals surface area contributed by atoms with Gasteiger partial charge in [0.05, 0.1) is 6.10 Å². The minimum atomic E-state index is -0.329. The Labute approximate surface area is 85.1 Å². The molecule has 1 atom stereocenters. The van der Waals surface area contributed by atoms with Crippen LogP contribution in [0.5, 0.6) is 0 Å². The lowest BCUT2D eigenvalue weighted by Gasteiger charge is -2.20. The van der Waals surface area contributed by atoms with Gasteiger partial charge in [0.15, 0.2) is 0 Å². The minimum Gasteiger partial charge on any atom is -0.391 e. The molecule has 1 aliphatic rings. The average Bonchev–Trinajstić information content (AvgIpc) is 2.46. The van der Waals surface area contributed by atoms with Gasteiger partial charge in [0.25, 0.3) is 0 Å². The van der Waals surface area contributed by atoms with Crippen LogP contribution in [-0.2, 0) is 4.79 Å². The van der Waals surface area contributed by atoms with Crippen molar-refractivity contribution >= 4 is 5.91 Å². The smallest absolute Gasteiger partial charge is 0.222 e. The number of β-amino-alcohol motifs (C(OH)–C–C–N with tert-alkyl or cyclic N) is 1. The Morgan fingerprint density at radius 1 is 1.64 bits per heavy atom. The first-order valence-corrected chi connectivity index (χ1v) is 5.13. The number of hydrogen-bond acceptors (Lipinski definition) is 3. The summed E-state index contributed by atoms with van der Waals surface area (Å²) in [6.45, 7) is 5.01. The number of carbonyl (C=O) groups is 1. The molecule has 3 N–H and O–H groups in total. The maximum Gasteiger partial charge on any atom is 0.222 e. The van der Waals surface area contributed by atoms with Gasteiger partial charge >= 0.3 is 0 Å². The van der Waals surface area contributed by atoms with Gasteiger partial charge in [-0.05, 0) is 26.7 Å². The summed E-state index contributed by atoms with van der Waals surface area (Å²) < 4.78 is 0. The topological polar surface area (TPSA) is 66.6 Å². The normalized spacial score (nSPS) is 22.9. The molecule has 82 valence electrons. The van der Waals surface area contributed by atoms with Gasteiger partial charge in [0.2, 0.25) is 5.91 Å². The number of amides is 1. The van der Waals surface area contributed by atoms with Crippen molar-refractivity contribution in [2.75, 3.05) is 13.1 Å². The molecule has 1 saturated heterocycles. The Bertz CT molecular complexity index is 211. The highest BCUT2D eigenvalue weighted by atomic mass is 16.3. The third-order valence-electron chi connectivity index (χ3n) is 2.50. The summed E-state index contributed by atoms with van der Waals surface area (Å²) in [6, 6.07) is 0. The summed E-state index contributed by atoms with van der Waals surface area (Å²) in [6.07, 6.45) is 1.55. The molecule has 1 rings (SSSR count). The summed E-state index contributed by atoms with van der Waals surface area (Å²) in [5, 5.41) is 9.26. The van der Waals surface area contributed by atoms with Gasteiger partial charge < -0.3 is 15.7 Å². The molecule has 1 aliphatic heterocycles. The van der Waals surface area contributed by atoms with E-state index in [0.29, 0.717) is 32.4 Å². The molecule has 14 heavy (non-hydrogen) atoms. The van der Waals surface area contributed by atoms with Crippen LogP contribution in [0.15, 0.2) is 0 Å². The quantitative estimate of drug-likeness (QED) is 0.679. The second kappa shape index (κ2) is 4.28. The third kappa shape index (κ3) is 3.64. The Morgan fingerprint density at radius 2 is 2.29 bits per heavy atom.